The first-order valence-corrected chi connectivity index (χ1v) is 19.7. The fraction of sp³-hybridized carbons (Fsp3) is 0.0769. The Labute approximate surface area is 351 Å². The van der Waals surface area contributed by atoms with Gasteiger partial charge in [0.25, 0.3) is 0 Å². The number of methoxy groups -OCH3 is 1. The molecule has 2 aliphatic rings. The molecule has 61 heavy (non-hydrogen) atoms. The Morgan fingerprint density at radius 1 is 0.459 bits per heavy atom. The minimum absolute atomic E-state index is 0.304. The molecule has 0 amide bonds. The van der Waals surface area contributed by atoms with E-state index in [0.29, 0.717) is 30.5 Å². The van der Waals surface area contributed by atoms with Crippen LogP contribution < -0.4 is 0 Å². The van der Waals surface area contributed by atoms with Crippen molar-refractivity contribution in [2.75, 3.05) is 7.11 Å². The number of nitriles is 3. The Morgan fingerprint density at radius 2 is 0.738 bits per heavy atom. The van der Waals surface area contributed by atoms with E-state index in [2.05, 4.69) is 40.3 Å². The molecule has 0 unspecified atom stereocenters. The molecular formula is C52H35N7O2. The van der Waals surface area contributed by atoms with Crippen molar-refractivity contribution < 1.29 is 9.53 Å². The Kier molecular flexibility index (Phi) is 10.2. The topological polar surface area (TPSA) is 155 Å². The summed E-state index contributed by atoms with van der Waals surface area (Å²) in [6.07, 6.45) is 9.00. The van der Waals surface area contributed by atoms with Crippen LogP contribution in [-0.4, -0.2) is 33.0 Å². The van der Waals surface area contributed by atoms with Crippen LogP contribution in [0.15, 0.2) is 121 Å². The lowest BCUT2D eigenvalue weighted by Crippen LogP contribution is -2.00. The van der Waals surface area contributed by atoms with Gasteiger partial charge in [-0.15, -0.1) is 0 Å². The minimum Gasteiger partial charge on any atom is -0.465 e. The number of ether oxygens (including phenoxy) is 1. The first kappa shape index (κ1) is 38.0. The van der Waals surface area contributed by atoms with Crippen molar-refractivity contribution in [1.82, 2.24) is 19.9 Å². The van der Waals surface area contributed by atoms with Crippen molar-refractivity contribution in [3.63, 3.8) is 0 Å². The minimum atomic E-state index is -0.422. The Balaban J connectivity index is 1.41. The molecule has 2 N–H and O–H groups in total. The lowest BCUT2D eigenvalue weighted by Gasteiger charge is -2.08. The van der Waals surface area contributed by atoms with Gasteiger partial charge in [0.1, 0.15) is 0 Å². The molecule has 2 aliphatic heterocycles. The first-order valence-electron chi connectivity index (χ1n) is 19.7. The number of carbonyl (C=O) groups excluding carboxylic acids is 1. The summed E-state index contributed by atoms with van der Waals surface area (Å²) in [5.74, 6) is -0.422. The number of fused-ring (bicyclic) bond motifs is 8. The smallest absolute Gasteiger partial charge is 0.337 e. The number of H-pyrrole nitrogens is 2. The molecule has 5 heterocycles. The molecule has 9 nitrogen and oxygen atoms in total. The van der Waals surface area contributed by atoms with Crippen LogP contribution in [0.2, 0.25) is 0 Å². The number of carbonyl (C=O) groups is 1. The largest absolute Gasteiger partial charge is 0.465 e. The van der Waals surface area contributed by atoms with Crippen molar-refractivity contribution in [1.29, 1.82) is 15.8 Å². The third-order valence-corrected chi connectivity index (χ3v) is 10.9. The van der Waals surface area contributed by atoms with Crippen molar-refractivity contribution >= 4 is 52.3 Å². The quantitative estimate of drug-likeness (QED) is 0.145. The van der Waals surface area contributed by atoms with Gasteiger partial charge in [-0.25, -0.2) is 14.8 Å². The normalized spacial score (nSPS) is 11.4. The third-order valence-electron chi connectivity index (χ3n) is 10.9. The number of nitrogens with one attached hydrogen (secondary N) is 2. The average molecular weight is 790 g/mol. The van der Waals surface area contributed by atoms with Crippen molar-refractivity contribution in [3.05, 3.63) is 166 Å². The summed E-state index contributed by atoms with van der Waals surface area (Å²) in [5, 5.41) is 28.2. The highest BCUT2D eigenvalue weighted by molar-refractivity contribution is 6.00. The Hall–Kier alpha value is -8.58. The SMILES string of the molecule is COC(=O)c1ccc(-c2c3nc(c(-c4ccc(CC#N)cc4)c4ccc([nH]4)c(-c4ccc(CC#N)cc4)c4nc(c(-c5ccc(CC#N)cc5)c5ccc2[nH]5)C=C4)C=C3)cc1. The van der Waals surface area contributed by atoms with Crippen molar-refractivity contribution in [2.45, 2.75) is 19.3 Å². The van der Waals surface area contributed by atoms with E-state index >= 15 is 0 Å². The van der Waals surface area contributed by atoms with E-state index < -0.39 is 5.97 Å². The van der Waals surface area contributed by atoms with Gasteiger partial charge in [-0.2, -0.15) is 15.8 Å². The van der Waals surface area contributed by atoms with Gasteiger partial charge in [0, 0.05) is 44.3 Å². The number of rotatable bonds is 8. The highest BCUT2D eigenvalue weighted by Crippen LogP contribution is 2.38. The molecule has 290 valence electrons. The molecule has 9 heteroatoms. The highest BCUT2D eigenvalue weighted by Gasteiger charge is 2.19. The summed E-state index contributed by atoms with van der Waals surface area (Å²) >= 11 is 0. The summed E-state index contributed by atoms with van der Waals surface area (Å²) in [7, 11) is 1.37. The third kappa shape index (κ3) is 7.38. The van der Waals surface area contributed by atoms with E-state index in [9.17, 15) is 20.6 Å². The maximum absolute atomic E-state index is 12.5. The molecule has 8 bridgehead atoms. The van der Waals surface area contributed by atoms with Crippen LogP contribution in [0.1, 0.15) is 49.8 Å². The molecule has 9 rings (SSSR count). The predicted octanol–water partition coefficient (Wildman–Crippen LogP) is 11.3. The number of hydrogen-bond acceptors (Lipinski definition) is 7. The number of benzene rings is 4. The van der Waals surface area contributed by atoms with E-state index in [4.69, 9.17) is 14.7 Å². The van der Waals surface area contributed by atoms with E-state index in [1.54, 1.807) is 12.1 Å². The number of aromatic nitrogens is 4. The first-order chi connectivity index (χ1) is 29.9. The molecule has 0 atom stereocenters. The molecule has 4 aromatic carbocycles. The van der Waals surface area contributed by atoms with Gasteiger partial charge in [0.2, 0.25) is 0 Å². The van der Waals surface area contributed by atoms with Gasteiger partial charge < -0.3 is 14.7 Å². The van der Waals surface area contributed by atoms with Crippen molar-refractivity contribution in [3.8, 4) is 62.7 Å². The maximum atomic E-state index is 12.5. The maximum Gasteiger partial charge on any atom is 0.337 e. The van der Waals surface area contributed by atoms with Crippen LogP contribution in [0, 0.1) is 34.0 Å². The second kappa shape index (κ2) is 16.3. The summed E-state index contributed by atoms with van der Waals surface area (Å²) in [6, 6.07) is 46.2. The van der Waals surface area contributed by atoms with Gasteiger partial charge in [-0.05, 0) is 99.6 Å². The Bertz CT molecular complexity index is 3160. The fourth-order valence-electron chi connectivity index (χ4n) is 7.95. The zero-order valence-electron chi connectivity index (χ0n) is 33.0. The zero-order valence-corrected chi connectivity index (χ0v) is 33.0. The lowest BCUT2D eigenvalue weighted by molar-refractivity contribution is 0.0600. The van der Waals surface area contributed by atoms with Crippen LogP contribution in [-0.2, 0) is 24.0 Å². The van der Waals surface area contributed by atoms with E-state index in [0.717, 1.165) is 100 Å². The summed E-state index contributed by atoms with van der Waals surface area (Å²) in [6.45, 7) is 0. The van der Waals surface area contributed by atoms with Crippen LogP contribution in [0.3, 0.4) is 0 Å². The fourth-order valence-corrected chi connectivity index (χ4v) is 7.95. The van der Waals surface area contributed by atoms with Crippen LogP contribution >= 0.6 is 0 Å². The molecular weight excluding hydrogens is 755 g/mol. The zero-order chi connectivity index (χ0) is 41.9. The second-order valence-corrected chi connectivity index (χ2v) is 14.7. The molecule has 0 aliphatic carbocycles. The number of nitrogens with zero attached hydrogens (tertiary/aromatic N) is 5. The van der Waals surface area contributed by atoms with Crippen LogP contribution in [0.5, 0.6) is 0 Å². The second-order valence-electron chi connectivity index (χ2n) is 14.7. The van der Waals surface area contributed by atoms with E-state index in [1.807, 2.05) is 121 Å². The molecule has 7 aromatic rings. The summed E-state index contributed by atoms with van der Waals surface area (Å²) in [4.78, 5) is 30.6. The van der Waals surface area contributed by atoms with Gasteiger partial charge in [0.05, 0.1) is 72.9 Å². The van der Waals surface area contributed by atoms with E-state index in [1.165, 1.54) is 7.11 Å². The van der Waals surface area contributed by atoms with Crippen molar-refractivity contribution in [2.24, 2.45) is 0 Å². The Morgan fingerprint density at radius 3 is 1.00 bits per heavy atom. The lowest BCUT2D eigenvalue weighted by atomic mass is 10.0. The molecule has 0 saturated carbocycles. The van der Waals surface area contributed by atoms with Gasteiger partial charge in [-0.3, -0.25) is 0 Å². The van der Waals surface area contributed by atoms with E-state index in [-0.39, 0.29) is 0 Å². The van der Waals surface area contributed by atoms with Gasteiger partial charge in [-0.1, -0.05) is 84.9 Å². The van der Waals surface area contributed by atoms with Gasteiger partial charge >= 0.3 is 5.97 Å². The molecule has 0 fully saturated rings. The number of hydrogen-bond donors (Lipinski definition) is 2. The standard InChI is InChI=1S/C52H35N7O2/c1-61-52(60)39-16-14-38(15-17-39)51-46-24-22-44(58-46)49(36-10-4-33(5-11-36)27-30-54)42-20-18-40(56-42)48(35-8-2-32(3-9-35)26-29-53)41-19-21-43(57-41)50(45-23-25-47(51)59-45)37-12-6-34(7-13-37)28-31-55/h2-25,56,59H,26-28H2,1H3. The average Bonchev–Trinajstić information content (AvgIpc) is 4.14. The molecule has 0 spiro atoms. The predicted molar refractivity (Wildman–Crippen MR) is 240 cm³/mol. The van der Waals surface area contributed by atoms with Crippen LogP contribution in [0.4, 0.5) is 0 Å². The molecule has 3 aromatic heterocycles. The van der Waals surface area contributed by atoms with Gasteiger partial charge in [0.15, 0.2) is 0 Å². The molecule has 0 radical (unpaired) electrons. The monoisotopic (exact) mass is 789 g/mol. The highest BCUT2D eigenvalue weighted by atomic mass is 16.5. The molecule has 0 saturated heterocycles. The number of aromatic amines is 2. The summed E-state index contributed by atoms with van der Waals surface area (Å²) in [5.41, 5.74) is 16.5. The van der Waals surface area contributed by atoms with Crippen LogP contribution in [0.25, 0.3) is 90.9 Å². The number of esters is 1. The summed E-state index contributed by atoms with van der Waals surface area (Å²) < 4.78 is 5.00.